The van der Waals surface area contributed by atoms with Crippen molar-refractivity contribution in [1.29, 1.82) is 0 Å². The van der Waals surface area contributed by atoms with Crippen molar-refractivity contribution >= 4 is 18.3 Å². The molecule has 112 valence electrons. The molecule has 1 unspecified atom stereocenters. The molecule has 1 atom stereocenters. The summed E-state index contributed by atoms with van der Waals surface area (Å²) >= 11 is 0. The molecule has 0 aromatic rings. The van der Waals surface area contributed by atoms with Crippen molar-refractivity contribution in [1.82, 2.24) is 10.2 Å². The van der Waals surface area contributed by atoms with Gasteiger partial charge in [-0.15, -0.1) is 12.4 Å². The number of rotatable bonds is 4. The molecular weight excluding hydrogens is 268 g/mol. The summed E-state index contributed by atoms with van der Waals surface area (Å²) in [6.45, 7) is 3.93. The summed E-state index contributed by atoms with van der Waals surface area (Å²) < 4.78 is 5.35. The van der Waals surface area contributed by atoms with E-state index in [4.69, 9.17) is 9.84 Å². The van der Waals surface area contributed by atoms with Gasteiger partial charge in [-0.3, -0.25) is 4.79 Å². The Morgan fingerprint density at radius 3 is 2.79 bits per heavy atom. The number of carbonyl (C=O) groups excluding carboxylic acids is 1. The standard InChI is InChI=1S/C13H24N2O3.ClH/c16-10-12-9-15(7-8-18-12)13(17)2-1-11-3-5-14-6-4-11;/h11-12,14,16H,1-10H2;1H. The van der Waals surface area contributed by atoms with Crippen LogP contribution in [0.5, 0.6) is 0 Å². The van der Waals surface area contributed by atoms with E-state index in [0.29, 0.717) is 32.0 Å². The summed E-state index contributed by atoms with van der Waals surface area (Å²) in [5.74, 6) is 0.917. The molecule has 0 saturated carbocycles. The molecule has 2 aliphatic rings. The highest BCUT2D eigenvalue weighted by molar-refractivity contribution is 5.85. The van der Waals surface area contributed by atoms with Crippen LogP contribution in [0.15, 0.2) is 0 Å². The summed E-state index contributed by atoms with van der Waals surface area (Å²) in [4.78, 5) is 13.9. The van der Waals surface area contributed by atoms with Crippen LogP contribution in [-0.2, 0) is 9.53 Å². The van der Waals surface area contributed by atoms with Crippen molar-refractivity contribution in [2.24, 2.45) is 5.92 Å². The molecular formula is C13H25ClN2O3. The minimum atomic E-state index is -0.193. The van der Waals surface area contributed by atoms with Gasteiger partial charge in [-0.25, -0.2) is 0 Å². The molecule has 0 radical (unpaired) electrons. The van der Waals surface area contributed by atoms with Gasteiger partial charge in [-0.05, 0) is 38.3 Å². The van der Waals surface area contributed by atoms with Gasteiger partial charge in [-0.2, -0.15) is 0 Å². The van der Waals surface area contributed by atoms with Crippen molar-refractivity contribution in [2.75, 3.05) is 39.4 Å². The quantitative estimate of drug-likeness (QED) is 0.788. The van der Waals surface area contributed by atoms with Crippen molar-refractivity contribution in [3.8, 4) is 0 Å². The van der Waals surface area contributed by atoms with E-state index in [1.54, 1.807) is 0 Å². The highest BCUT2D eigenvalue weighted by Crippen LogP contribution is 2.19. The predicted molar refractivity (Wildman–Crippen MR) is 75.5 cm³/mol. The fourth-order valence-corrected chi connectivity index (χ4v) is 2.71. The van der Waals surface area contributed by atoms with Crippen LogP contribution in [0.2, 0.25) is 0 Å². The molecule has 0 aliphatic carbocycles. The van der Waals surface area contributed by atoms with Crippen LogP contribution < -0.4 is 5.32 Å². The Labute approximate surface area is 121 Å². The molecule has 2 saturated heterocycles. The van der Waals surface area contributed by atoms with Gasteiger partial charge in [0.05, 0.1) is 19.3 Å². The number of hydrogen-bond donors (Lipinski definition) is 2. The highest BCUT2D eigenvalue weighted by Gasteiger charge is 2.24. The zero-order valence-electron chi connectivity index (χ0n) is 11.3. The molecule has 2 N–H and O–H groups in total. The first-order chi connectivity index (χ1) is 8.79. The van der Waals surface area contributed by atoms with Crippen LogP contribution in [0.1, 0.15) is 25.7 Å². The lowest BCUT2D eigenvalue weighted by molar-refractivity contribution is -0.140. The molecule has 0 aromatic heterocycles. The topological polar surface area (TPSA) is 61.8 Å². The van der Waals surface area contributed by atoms with Crippen molar-refractivity contribution in [2.45, 2.75) is 31.8 Å². The third-order valence-electron chi connectivity index (χ3n) is 3.92. The fraction of sp³-hybridized carbons (Fsp3) is 0.923. The van der Waals surface area contributed by atoms with E-state index in [-0.39, 0.29) is 31.0 Å². The van der Waals surface area contributed by atoms with E-state index in [1.807, 2.05) is 4.90 Å². The summed E-state index contributed by atoms with van der Waals surface area (Å²) in [7, 11) is 0. The smallest absolute Gasteiger partial charge is 0.222 e. The van der Waals surface area contributed by atoms with Gasteiger partial charge in [0.25, 0.3) is 0 Å². The lowest BCUT2D eigenvalue weighted by Crippen LogP contribution is -2.47. The lowest BCUT2D eigenvalue weighted by Gasteiger charge is -2.32. The molecule has 0 aromatic carbocycles. The number of nitrogens with one attached hydrogen (secondary N) is 1. The molecule has 2 fully saturated rings. The third kappa shape index (κ3) is 5.26. The second-order valence-corrected chi connectivity index (χ2v) is 5.25. The molecule has 0 spiro atoms. The lowest BCUT2D eigenvalue weighted by atomic mass is 9.93. The number of amides is 1. The first-order valence-corrected chi connectivity index (χ1v) is 7.00. The SMILES string of the molecule is Cl.O=C(CCC1CCNCC1)N1CCOC(CO)C1. The number of morpholine rings is 1. The largest absolute Gasteiger partial charge is 0.394 e. The van der Waals surface area contributed by atoms with Crippen LogP contribution in [0.3, 0.4) is 0 Å². The van der Waals surface area contributed by atoms with Crippen LogP contribution >= 0.6 is 12.4 Å². The highest BCUT2D eigenvalue weighted by atomic mass is 35.5. The normalized spacial score (nSPS) is 24.9. The van der Waals surface area contributed by atoms with E-state index >= 15 is 0 Å². The van der Waals surface area contributed by atoms with Crippen LogP contribution in [0.25, 0.3) is 0 Å². The van der Waals surface area contributed by atoms with Gasteiger partial charge in [0, 0.05) is 19.5 Å². The molecule has 6 heteroatoms. The average Bonchev–Trinajstić information content (AvgIpc) is 2.46. The Morgan fingerprint density at radius 1 is 1.37 bits per heavy atom. The second kappa shape index (κ2) is 8.74. The second-order valence-electron chi connectivity index (χ2n) is 5.25. The average molecular weight is 293 g/mol. The predicted octanol–water partition coefficient (Wildman–Crippen LogP) is 0.408. The first-order valence-electron chi connectivity index (χ1n) is 7.00. The number of nitrogens with zero attached hydrogens (tertiary/aromatic N) is 1. The molecule has 19 heavy (non-hydrogen) atoms. The Hall–Kier alpha value is -0.360. The Morgan fingerprint density at radius 2 is 2.11 bits per heavy atom. The molecule has 1 amide bonds. The zero-order valence-corrected chi connectivity index (χ0v) is 12.2. The summed E-state index contributed by atoms with van der Waals surface area (Å²) in [5, 5.41) is 12.4. The maximum absolute atomic E-state index is 12.1. The van der Waals surface area contributed by atoms with Gasteiger partial charge in [0.2, 0.25) is 5.91 Å². The number of carbonyl (C=O) groups is 1. The maximum atomic E-state index is 12.1. The number of hydrogen-bond acceptors (Lipinski definition) is 4. The Bertz CT molecular complexity index is 273. The van der Waals surface area contributed by atoms with Crippen molar-refractivity contribution < 1.29 is 14.6 Å². The van der Waals surface area contributed by atoms with Gasteiger partial charge >= 0.3 is 0 Å². The monoisotopic (exact) mass is 292 g/mol. The van der Waals surface area contributed by atoms with Crippen LogP contribution in [0.4, 0.5) is 0 Å². The van der Waals surface area contributed by atoms with E-state index in [1.165, 1.54) is 12.8 Å². The zero-order chi connectivity index (χ0) is 12.8. The maximum Gasteiger partial charge on any atom is 0.222 e. The molecule has 2 heterocycles. The van der Waals surface area contributed by atoms with E-state index in [0.717, 1.165) is 19.5 Å². The fourth-order valence-electron chi connectivity index (χ4n) is 2.71. The number of halogens is 1. The first kappa shape index (κ1) is 16.7. The van der Waals surface area contributed by atoms with Gasteiger partial charge in [0.15, 0.2) is 0 Å². The number of ether oxygens (including phenoxy) is 1. The minimum absolute atomic E-state index is 0. The van der Waals surface area contributed by atoms with Gasteiger partial charge in [-0.1, -0.05) is 0 Å². The van der Waals surface area contributed by atoms with Crippen LogP contribution in [0, 0.1) is 5.92 Å². The molecule has 5 nitrogen and oxygen atoms in total. The number of aliphatic hydroxyl groups is 1. The van der Waals surface area contributed by atoms with Crippen LogP contribution in [-0.4, -0.2) is 61.4 Å². The Balaban J connectivity index is 0.00000180. The third-order valence-corrected chi connectivity index (χ3v) is 3.92. The van der Waals surface area contributed by atoms with Gasteiger partial charge in [0.1, 0.15) is 0 Å². The summed E-state index contributed by atoms with van der Waals surface area (Å²) in [6, 6.07) is 0. The summed E-state index contributed by atoms with van der Waals surface area (Å²) in [6.07, 6.45) is 3.83. The summed E-state index contributed by atoms with van der Waals surface area (Å²) in [5.41, 5.74) is 0. The van der Waals surface area contributed by atoms with Gasteiger partial charge < -0.3 is 20.1 Å². The van der Waals surface area contributed by atoms with E-state index in [2.05, 4.69) is 5.32 Å². The minimum Gasteiger partial charge on any atom is -0.394 e. The van der Waals surface area contributed by atoms with E-state index in [9.17, 15) is 4.79 Å². The van der Waals surface area contributed by atoms with Crippen molar-refractivity contribution in [3.63, 3.8) is 0 Å². The molecule has 2 rings (SSSR count). The Kier molecular flexibility index (Phi) is 7.68. The number of piperidine rings is 1. The molecule has 0 bridgehead atoms. The van der Waals surface area contributed by atoms with Crippen molar-refractivity contribution in [3.05, 3.63) is 0 Å². The number of aliphatic hydroxyl groups excluding tert-OH is 1. The molecule has 2 aliphatic heterocycles. The van der Waals surface area contributed by atoms with E-state index < -0.39 is 0 Å².